The fraction of sp³-hybridized carbons (Fsp3) is 0.316. The van der Waals surface area contributed by atoms with E-state index in [0.29, 0.717) is 12.2 Å². The van der Waals surface area contributed by atoms with Crippen LogP contribution in [0, 0.1) is 0 Å². The molecule has 1 aromatic carbocycles. The molecule has 0 aliphatic rings. The predicted molar refractivity (Wildman–Crippen MR) is 105 cm³/mol. The van der Waals surface area contributed by atoms with Crippen LogP contribution in [0.2, 0.25) is 0 Å². The van der Waals surface area contributed by atoms with Crippen LogP contribution in [0.5, 0.6) is 0 Å². The second-order valence-corrected chi connectivity index (χ2v) is 7.82. The molecule has 1 atom stereocenters. The van der Waals surface area contributed by atoms with Crippen molar-refractivity contribution in [2.75, 3.05) is 0 Å². The molecule has 2 heterocycles. The Hall–Kier alpha value is -2.25. The van der Waals surface area contributed by atoms with Crippen molar-refractivity contribution in [1.29, 1.82) is 0 Å². The number of nitrogens with zero attached hydrogens (tertiary/aromatic N) is 3. The molecule has 7 heteroatoms. The number of hydrogen-bond donors (Lipinski definition) is 2. The summed E-state index contributed by atoms with van der Waals surface area (Å²) in [6.45, 7) is 3.38. The minimum Gasteiger partial charge on any atom is -0.344 e. The molecule has 0 spiro atoms. The Morgan fingerprint density at radius 3 is 2.65 bits per heavy atom. The van der Waals surface area contributed by atoms with E-state index in [-0.39, 0.29) is 11.9 Å². The molecule has 1 unspecified atom stereocenters. The van der Waals surface area contributed by atoms with Gasteiger partial charge in [0, 0.05) is 10.7 Å². The van der Waals surface area contributed by atoms with Crippen LogP contribution in [0.25, 0.3) is 5.65 Å². The topological polar surface area (TPSA) is 85.3 Å². The third kappa shape index (κ3) is 4.28. The second-order valence-electron chi connectivity index (χ2n) is 6.91. The van der Waals surface area contributed by atoms with E-state index in [2.05, 4.69) is 43.6 Å². The molecule has 0 saturated carbocycles. The highest BCUT2D eigenvalue weighted by Crippen LogP contribution is 2.21. The van der Waals surface area contributed by atoms with Gasteiger partial charge in [-0.3, -0.25) is 9.20 Å². The number of nitrogens with two attached hydrogens (primary N) is 1. The van der Waals surface area contributed by atoms with Gasteiger partial charge >= 0.3 is 0 Å². The van der Waals surface area contributed by atoms with Crippen LogP contribution >= 0.6 is 15.9 Å². The zero-order valence-corrected chi connectivity index (χ0v) is 16.4. The van der Waals surface area contributed by atoms with Gasteiger partial charge in [0.1, 0.15) is 0 Å². The van der Waals surface area contributed by atoms with Gasteiger partial charge in [-0.15, -0.1) is 10.2 Å². The number of carbonyl (C=O) groups excluding carboxylic acids is 1. The maximum absolute atomic E-state index is 12.5. The van der Waals surface area contributed by atoms with Crippen LogP contribution in [-0.4, -0.2) is 26.0 Å². The molecule has 3 aromatic rings. The molecule has 0 radical (unpaired) electrons. The minimum absolute atomic E-state index is 0.220. The van der Waals surface area contributed by atoms with Crippen LogP contribution < -0.4 is 11.1 Å². The van der Waals surface area contributed by atoms with Crippen LogP contribution in [0.4, 0.5) is 0 Å². The number of halogens is 1. The van der Waals surface area contributed by atoms with Crippen molar-refractivity contribution in [3.63, 3.8) is 0 Å². The average molecular weight is 416 g/mol. The summed E-state index contributed by atoms with van der Waals surface area (Å²) in [6.07, 6.45) is 3.40. The largest absolute Gasteiger partial charge is 0.344 e. The highest BCUT2D eigenvalue weighted by Gasteiger charge is 2.27. The molecule has 6 nitrogen and oxygen atoms in total. The molecule has 1 amide bonds. The third-order valence-electron chi connectivity index (χ3n) is 4.16. The van der Waals surface area contributed by atoms with Crippen molar-refractivity contribution in [3.05, 3.63) is 64.5 Å². The zero-order valence-electron chi connectivity index (χ0n) is 14.8. The smallest absolute Gasteiger partial charge is 0.240 e. The van der Waals surface area contributed by atoms with Crippen molar-refractivity contribution in [2.24, 2.45) is 5.73 Å². The molecule has 3 N–H and O–H groups in total. The van der Waals surface area contributed by atoms with Gasteiger partial charge < -0.3 is 11.1 Å². The number of aryl methyl sites for hydroxylation is 1. The Bertz CT molecular complexity index is 901. The van der Waals surface area contributed by atoms with E-state index in [4.69, 9.17) is 5.73 Å². The summed E-state index contributed by atoms with van der Waals surface area (Å²) in [5.41, 5.74) is 6.93. The lowest BCUT2D eigenvalue weighted by atomic mass is 10.0. The SMILES string of the molecule is CC(C)(N)C(=O)NC(CCc1ccccc1)c1nnc2ccc(Br)cn12. The summed E-state index contributed by atoms with van der Waals surface area (Å²) in [7, 11) is 0. The van der Waals surface area contributed by atoms with Crippen molar-refractivity contribution >= 4 is 27.5 Å². The van der Waals surface area contributed by atoms with Crippen molar-refractivity contribution in [2.45, 2.75) is 38.3 Å². The van der Waals surface area contributed by atoms with E-state index < -0.39 is 5.54 Å². The molecule has 0 aliphatic heterocycles. The summed E-state index contributed by atoms with van der Waals surface area (Å²) in [5, 5.41) is 11.6. The van der Waals surface area contributed by atoms with Gasteiger partial charge in [-0.2, -0.15) is 0 Å². The Morgan fingerprint density at radius 2 is 1.96 bits per heavy atom. The van der Waals surface area contributed by atoms with Crippen molar-refractivity contribution in [1.82, 2.24) is 19.9 Å². The molecule has 2 aromatic heterocycles. The molecule has 26 heavy (non-hydrogen) atoms. The number of rotatable bonds is 6. The van der Waals surface area contributed by atoms with Crippen molar-refractivity contribution < 1.29 is 4.79 Å². The van der Waals surface area contributed by atoms with Crippen LogP contribution in [0.15, 0.2) is 53.1 Å². The maximum Gasteiger partial charge on any atom is 0.240 e. The lowest BCUT2D eigenvalue weighted by molar-refractivity contribution is -0.126. The average Bonchev–Trinajstić information content (AvgIpc) is 3.01. The Kier molecular flexibility index (Phi) is 5.38. The minimum atomic E-state index is -0.966. The molecule has 0 fully saturated rings. The molecule has 136 valence electrons. The van der Waals surface area contributed by atoms with E-state index in [9.17, 15) is 4.79 Å². The molecular formula is C19H22BrN5O. The van der Waals surface area contributed by atoms with Gasteiger partial charge in [-0.1, -0.05) is 30.3 Å². The number of hydrogen-bond acceptors (Lipinski definition) is 4. The molecular weight excluding hydrogens is 394 g/mol. The number of benzene rings is 1. The number of nitrogens with one attached hydrogen (secondary N) is 1. The summed E-state index contributed by atoms with van der Waals surface area (Å²) in [4.78, 5) is 12.5. The standard InChI is InChI=1S/C19H22BrN5O/c1-19(2,21)18(26)22-15(10-8-13-6-4-3-5-7-13)17-24-23-16-11-9-14(20)12-25(16)17/h3-7,9,11-12,15H,8,10,21H2,1-2H3,(H,22,26). The number of carbonyl (C=O) groups is 1. The van der Waals surface area contributed by atoms with E-state index >= 15 is 0 Å². The summed E-state index contributed by atoms with van der Waals surface area (Å²) in [5.74, 6) is 0.470. The first-order chi connectivity index (χ1) is 12.3. The summed E-state index contributed by atoms with van der Waals surface area (Å²) >= 11 is 3.47. The van der Waals surface area contributed by atoms with Gasteiger partial charge in [0.2, 0.25) is 5.91 Å². The van der Waals surface area contributed by atoms with Crippen LogP contribution in [0.1, 0.15) is 37.7 Å². The van der Waals surface area contributed by atoms with Crippen LogP contribution in [-0.2, 0) is 11.2 Å². The molecule has 3 rings (SSSR count). The van der Waals surface area contributed by atoms with Gasteiger partial charge in [0.05, 0.1) is 11.6 Å². The van der Waals surface area contributed by atoms with Gasteiger partial charge in [-0.25, -0.2) is 0 Å². The van der Waals surface area contributed by atoms with Gasteiger partial charge in [0.15, 0.2) is 11.5 Å². The number of fused-ring (bicyclic) bond motifs is 1. The summed E-state index contributed by atoms with van der Waals surface area (Å²) in [6, 6.07) is 13.6. The normalized spacial score (nSPS) is 12.9. The predicted octanol–water partition coefficient (Wildman–Crippen LogP) is 3.02. The Labute approximate surface area is 160 Å². The molecule has 0 aliphatic carbocycles. The second kappa shape index (κ2) is 7.55. The fourth-order valence-corrected chi connectivity index (χ4v) is 3.02. The first kappa shape index (κ1) is 18.5. The molecule has 0 saturated heterocycles. The van der Waals surface area contributed by atoms with Crippen molar-refractivity contribution in [3.8, 4) is 0 Å². The number of amides is 1. The first-order valence-corrected chi connectivity index (χ1v) is 9.28. The lowest BCUT2D eigenvalue weighted by Crippen LogP contribution is -2.50. The lowest BCUT2D eigenvalue weighted by Gasteiger charge is -2.23. The quantitative estimate of drug-likeness (QED) is 0.647. The first-order valence-electron chi connectivity index (χ1n) is 8.48. The molecule has 0 bridgehead atoms. The highest BCUT2D eigenvalue weighted by atomic mass is 79.9. The third-order valence-corrected chi connectivity index (χ3v) is 4.63. The summed E-state index contributed by atoms with van der Waals surface area (Å²) < 4.78 is 2.81. The van der Waals surface area contributed by atoms with Crippen LogP contribution in [0.3, 0.4) is 0 Å². The Balaban J connectivity index is 1.90. The van der Waals surface area contributed by atoms with E-state index in [0.717, 1.165) is 16.5 Å². The number of aromatic nitrogens is 3. The van der Waals surface area contributed by atoms with Gasteiger partial charge in [-0.05, 0) is 60.3 Å². The number of pyridine rings is 1. The fourth-order valence-electron chi connectivity index (χ4n) is 2.69. The van der Waals surface area contributed by atoms with E-state index in [1.54, 1.807) is 13.8 Å². The monoisotopic (exact) mass is 415 g/mol. The van der Waals surface area contributed by atoms with E-state index in [1.807, 2.05) is 40.9 Å². The zero-order chi connectivity index (χ0) is 18.7. The van der Waals surface area contributed by atoms with E-state index in [1.165, 1.54) is 5.56 Å². The maximum atomic E-state index is 12.5. The highest BCUT2D eigenvalue weighted by molar-refractivity contribution is 9.10. The Morgan fingerprint density at radius 1 is 1.23 bits per heavy atom. The van der Waals surface area contributed by atoms with Gasteiger partial charge in [0.25, 0.3) is 0 Å².